The fourth-order valence-electron chi connectivity index (χ4n) is 4.46. The van der Waals surface area contributed by atoms with Crippen molar-refractivity contribution in [2.75, 3.05) is 0 Å². The van der Waals surface area contributed by atoms with Gasteiger partial charge in [-0.3, -0.25) is 0 Å². The van der Waals surface area contributed by atoms with E-state index in [0.717, 1.165) is 4.22 Å². The Bertz CT molecular complexity index is 1350. The van der Waals surface area contributed by atoms with Crippen molar-refractivity contribution in [3.63, 3.8) is 0 Å². The molecule has 0 radical (unpaired) electrons. The number of rotatable bonds is 3. The van der Waals surface area contributed by atoms with Crippen LogP contribution >= 0.6 is 0 Å². The molecule has 0 fully saturated rings. The quantitative estimate of drug-likeness (QED) is 0.341. The minimum absolute atomic E-state index is 0.220. The first-order chi connectivity index (χ1) is 19.8. The van der Waals surface area contributed by atoms with Gasteiger partial charge in [0.25, 0.3) is 0 Å². The third-order valence-electron chi connectivity index (χ3n) is 6.48. The molecule has 2 aliphatic rings. The first-order valence-corrected chi connectivity index (χ1v) is 14.0. The van der Waals surface area contributed by atoms with Gasteiger partial charge in [0.15, 0.2) is 0 Å². The Kier molecular flexibility index (Phi) is 12.3. The molecular formula is C34H28O6Ti. The fourth-order valence-corrected chi connectivity index (χ4v) is 5.21. The molecule has 0 saturated carbocycles. The van der Waals surface area contributed by atoms with Crippen LogP contribution in [0, 0.1) is 0 Å². The Balaban J connectivity index is 0.000000154. The molecule has 4 aromatic carbocycles. The third kappa shape index (κ3) is 9.71. The molecule has 7 heteroatoms. The summed E-state index contributed by atoms with van der Waals surface area (Å²) in [5, 5.41) is 30.3. The summed E-state index contributed by atoms with van der Waals surface area (Å²) in [6.07, 6.45) is 5.32. The predicted molar refractivity (Wildman–Crippen MR) is 147 cm³/mol. The molecule has 6 rings (SSSR count). The maximum absolute atomic E-state index is 10.1. The summed E-state index contributed by atoms with van der Waals surface area (Å²) in [5.74, 6) is -3.39. The SMILES string of the molecule is O=C([O-])c1ccccc1.O=C([O-])c1ccccc1.O=C([O-])c1ccccc1.[Ti+3][CH]1CCCC2=C1Cc1ccccc12. The van der Waals surface area contributed by atoms with E-state index in [1.165, 1.54) is 62.1 Å². The van der Waals surface area contributed by atoms with Crippen molar-refractivity contribution in [1.29, 1.82) is 0 Å². The van der Waals surface area contributed by atoms with Gasteiger partial charge in [-0.05, 0) is 16.7 Å². The van der Waals surface area contributed by atoms with Crippen LogP contribution in [0.2, 0.25) is 4.22 Å². The van der Waals surface area contributed by atoms with E-state index in [9.17, 15) is 29.7 Å². The van der Waals surface area contributed by atoms with Crippen LogP contribution in [0.5, 0.6) is 0 Å². The molecule has 0 bridgehead atoms. The van der Waals surface area contributed by atoms with Gasteiger partial charge >= 0.3 is 96.9 Å². The first-order valence-electron chi connectivity index (χ1n) is 13.1. The number of carbonyl (C=O) groups is 3. The van der Waals surface area contributed by atoms with Gasteiger partial charge in [-0.2, -0.15) is 0 Å². The Hall–Kier alpha value is -4.26. The summed E-state index contributed by atoms with van der Waals surface area (Å²) >= 11 is 2.39. The van der Waals surface area contributed by atoms with E-state index in [2.05, 4.69) is 44.7 Å². The van der Waals surface area contributed by atoms with Crippen LogP contribution in [0.3, 0.4) is 0 Å². The number of benzene rings is 4. The van der Waals surface area contributed by atoms with Crippen LogP contribution in [0.25, 0.3) is 5.57 Å². The van der Waals surface area contributed by atoms with E-state index in [1.54, 1.807) is 76.9 Å². The van der Waals surface area contributed by atoms with Crippen molar-refractivity contribution in [2.45, 2.75) is 29.9 Å². The third-order valence-corrected chi connectivity index (χ3v) is 7.47. The van der Waals surface area contributed by atoms with Gasteiger partial charge in [-0.25, -0.2) is 0 Å². The molecule has 0 amide bonds. The molecule has 0 spiro atoms. The summed E-state index contributed by atoms with van der Waals surface area (Å²) < 4.78 is 0.825. The molecule has 1 atom stereocenters. The van der Waals surface area contributed by atoms with Gasteiger partial charge in [0, 0.05) is 0 Å². The molecule has 6 nitrogen and oxygen atoms in total. The molecule has 41 heavy (non-hydrogen) atoms. The topological polar surface area (TPSA) is 120 Å². The van der Waals surface area contributed by atoms with Crippen molar-refractivity contribution in [1.82, 2.24) is 0 Å². The zero-order valence-corrected chi connectivity index (χ0v) is 23.9. The summed E-state index contributed by atoms with van der Waals surface area (Å²) in [4.78, 5) is 30.3. The Morgan fingerprint density at radius 3 is 1.37 bits per heavy atom. The average Bonchev–Trinajstić information content (AvgIpc) is 3.40. The minimum atomic E-state index is -1.13. The standard InChI is InChI=1S/C13H13.3C7H6O2.Ti/c1-3-7-12-10(5-1)9-11-6-2-4-8-13(11)12;3*8-7(9)6-4-2-1-3-5-6;/h1,3,5-7H,2,4,8-9H2;3*1-5H,(H,8,9);/q;;;;+3/p-3. The number of carbonyl (C=O) groups excluding carboxylic acids is 3. The molecule has 204 valence electrons. The van der Waals surface area contributed by atoms with Crippen molar-refractivity contribution in [3.8, 4) is 0 Å². The van der Waals surface area contributed by atoms with Crippen LogP contribution in [-0.2, 0) is 26.9 Å². The van der Waals surface area contributed by atoms with E-state index < -0.39 is 17.9 Å². The molecule has 0 aromatic heterocycles. The van der Waals surface area contributed by atoms with Gasteiger partial charge in [-0.1, -0.05) is 91.0 Å². The first kappa shape index (κ1) is 31.3. The van der Waals surface area contributed by atoms with Gasteiger partial charge in [0.05, 0.1) is 17.9 Å². The summed E-state index contributed by atoms with van der Waals surface area (Å²) in [6.45, 7) is 0. The number of aromatic carboxylic acids is 3. The number of allylic oxidation sites excluding steroid dienone is 2. The number of fused-ring (bicyclic) bond motifs is 2. The van der Waals surface area contributed by atoms with Crippen LogP contribution in [0.4, 0.5) is 0 Å². The van der Waals surface area contributed by atoms with Crippen LogP contribution in [-0.4, -0.2) is 17.9 Å². The Morgan fingerprint density at radius 1 is 0.585 bits per heavy atom. The monoisotopic (exact) mass is 580 g/mol. The second kappa shape index (κ2) is 16.1. The Morgan fingerprint density at radius 2 is 0.976 bits per heavy atom. The normalized spacial score (nSPS) is 14.3. The molecule has 0 aliphatic heterocycles. The van der Waals surface area contributed by atoms with Crippen LogP contribution < -0.4 is 15.3 Å². The number of carboxylic acid groups (broad SMARTS) is 3. The fraction of sp³-hybridized carbons (Fsp3) is 0.147. The van der Waals surface area contributed by atoms with Gasteiger partial charge in [-0.15, -0.1) is 0 Å². The second-order valence-electron chi connectivity index (χ2n) is 9.24. The maximum atomic E-state index is 10.1. The average molecular weight is 580 g/mol. The Labute approximate surface area is 251 Å². The van der Waals surface area contributed by atoms with Gasteiger partial charge in [0.1, 0.15) is 0 Å². The van der Waals surface area contributed by atoms with Crippen molar-refractivity contribution in [2.24, 2.45) is 0 Å². The number of hydrogen-bond donors (Lipinski definition) is 0. The van der Waals surface area contributed by atoms with Crippen molar-refractivity contribution < 1.29 is 50.1 Å². The molecule has 0 heterocycles. The summed E-state index contributed by atoms with van der Waals surface area (Å²) in [7, 11) is 0. The van der Waals surface area contributed by atoms with Crippen molar-refractivity contribution in [3.05, 3.63) is 149 Å². The van der Waals surface area contributed by atoms with Crippen LogP contribution in [0.15, 0.2) is 121 Å². The zero-order chi connectivity index (χ0) is 29.6. The second-order valence-corrected chi connectivity index (χ2v) is 10.3. The molecule has 0 saturated heterocycles. The predicted octanol–water partition coefficient (Wildman–Crippen LogP) is 3.67. The van der Waals surface area contributed by atoms with Gasteiger partial charge < -0.3 is 29.7 Å². The van der Waals surface area contributed by atoms with Crippen molar-refractivity contribution >= 4 is 23.5 Å². The van der Waals surface area contributed by atoms with E-state index in [4.69, 9.17) is 0 Å². The van der Waals surface area contributed by atoms with E-state index >= 15 is 0 Å². The zero-order valence-electron chi connectivity index (χ0n) is 22.3. The van der Waals surface area contributed by atoms with Crippen LogP contribution in [0.1, 0.15) is 61.5 Å². The molecule has 0 N–H and O–H groups in total. The number of hydrogen-bond acceptors (Lipinski definition) is 6. The summed E-state index contributed by atoms with van der Waals surface area (Å²) in [5.41, 5.74) is 7.18. The summed E-state index contributed by atoms with van der Waals surface area (Å²) in [6, 6.07) is 33.1. The molecule has 2 aliphatic carbocycles. The number of carboxylic acids is 3. The van der Waals surface area contributed by atoms with E-state index in [0.29, 0.717) is 0 Å². The molecular weight excluding hydrogens is 552 g/mol. The molecule has 4 aromatic rings. The van der Waals surface area contributed by atoms with E-state index in [-0.39, 0.29) is 16.7 Å². The van der Waals surface area contributed by atoms with Gasteiger partial charge in [0.2, 0.25) is 0 Å². The van der Waals surface area contributed by atoms with E-state index in [1.807, 2.05) is 0 Å². The molecule has 1 unspecified atom stereocenters.